The van der Waals surface area contributed by atoms with Gasteiger partial charge in [0.15, 0.2) is 5.88 Å². The van der Waals surface area contributed by atoms with Crippen LogP contribution in [0.25, 0.3) is 0 Å². The minimum absolute atomic E-state index is 0.210. The molecule has 0 bridgehead atoms. The number of rotatable bonds is 3. The van der Waals surface area contributed by atoms with Gasteiger partial charge in [-0.25, -0.2) is 9.90 Å². The third kappa shape index (κ3) is 1.73. The van der Waals surface area contributed by atoms with Crippen molar-refractivity contribution in [1.82, 2.24) is 10.2 Å². The third-order valence-corrected chi connectivity index (χ3v) is 0.793. The molecule has 0 radical (unpaired) electrons. The van der Waals surface area contributed by atoms with Crippen LogP contribution in [0.2, 0.25) is 0 Å². The largest absolute Gasteiger partial charge is 0.739 e. The van der Waals surface area contributed by atoms with E-state index >= 15 is 0 Å². The van der Waals surface area contributed by atoms with E-state index in [1.807, 2.05) is 0 Å². The number of hydrogen-bond acceptors (Lipinski definition) is 5. The Kier molecular flexibility index (Phi) is 2.27. The molecule has 0 saturated heterocycles. The molecule has 0 aliphatic heterocycles. The van der Waals surface area contributed by atoms with Gasteiger partial charge in [0.25, 0.3) is 0 Å². The predicted molar refractivity (Wildman–Crippen MR) is 30.9 cm³/mol. The Bertz CT molecular complexity index is 179. The molecule has 0 amide bonds. The number of aromatic nitrogens is 2. The Morgan fingerprint density at radius 3 is 3.00 bits per heavy atom. The van der Waals surface area contributed by atoms with Crippen LogP contribution in [0.4, 0.5) is 0 Å². The molecule has 6 nitrogen and oxygen atoms in total. The first-order valence-electron chi connectivity index (χ1n) is 2.47. The Hall–Kier alpha value is -1.05. The molecule has 0 aliphatic carbocycles. The summed E-state index contributed by atoms with van der Waals surface area (Å²) in [6.45, 7) is 0. The van der Waals surface area contributed by atoms with Crippen LogP contribution in [-0.2, 0) is 4.81 Å². The number of nitrogens with one attached hydrogen (secondary N) is 1. The van der Waals surface area contributed by atoms with Crippen LogP contribution in [-0.4, -0.2) is 27.8 Å². The van der Waals surface area contributed by atoms with Crippen LogP contribution in [0.3, 0.4) is 0 Å². The Morgan fingerprint density at radius 1 is 1.70 bits per heavy atom. The van der Waals surface area contributed by atoms with Crippen LogP contribution in [0, 0.1) is 0 Å². The summed E-state index contributed by atoms with van der Waals surface area (Å²) in [6.07, 6.45) is 1.43. The lowest BCUT2D eigenvalue weighted by Gasteiger charge is -2.00. The van der Waals surface area contributed by atoms with E-state index in [1.165, 1.54) is 12.3 Å². The molecule has 3 N–H and O–H groups in total. The van der Waals surface area contributed by atoms with E-state index in [0.717, 1.165) is 0 Å². The van der Waals surface area contributed by atoms with E-state index < -0.39 is 7.32 Å². The molecule has 0 unspecified atom stereocenters. The quantitative estimate of drug-likeness (QED) is 0.295. The first-order chi connectivity index (χ1) is 4.83. The van der Waals surface area contributed by atoms with Gasteiger partial charge in [0.05, 0.1) is 6.20 Å². The Labute approximate surface area is 56.5 Å². The number of hydrogen-bond donors (Lipinski definition) is 3. The van der Waals surface area contributed by atoms with Crippen LogP contribution in [0.5, 0.6) is 5.88 Å². The maximum atomic E-state index is 8.49. The van der Waals surface area contributed by atoms with Crippen molar-refractivity contribution in [2.45, 2.75) is 0 Å². The van der Waals surface area contributed by atoms with Crippen LogP contribution < -0.4 is 4.65 Å². The number of H-pyrrole nitrogens is 1. The van der Waals surface area contributed by atoms with Gasteiger partial charge in [-0.05, 0) is 0 Å². The first kappa shape index (κ1) is 7.07. The fourth-order valence-corrected chi connectivity index (χ4v) is 0.439. The summed E-state index contributed by atoms with van der Waals surface area (Å²) in [4.78, 5) is 3.41. The lowest BCUT2D eigenvalue weighted by molar-refractivity contribution is -0.171. The number of aromatic amines is 1. The molecule has 0 aromatic carbocycles. The molecule has 10 heavy (non-hydrogen) atoms. The molecule has 1 rings (SSSR count). The highest BCUT2D eigenvalue weighted by Gasteiger charge is 2.18. The highest BCUT2D eigenvalue weighted by atomic mass is 17.1. The van der Waals surface area contributed by atoms with Gasteiger partial charge >= 0.3 is 7.32 Å². The van der Waals surface area contributed by atoms with Gasteiger partial charge in [0.2, 0.25) is 0 Å². The molecule has 54 valence electrons. The summed E-state index contributed by atoms with van der Waals surface area (Å²) >= 11 is 0. The summed E-state index contributed by atoms with van der Waals surface area (Å²) in [6, 6.07) is 1.46. The van der Waals surface area contributed by atoms with Crippen molar-refractivity contribution in [2.24, 2.45) is 0 Å². The van der Waals surface area contributed by atoms with Gasteiger partial charge in [-0.1, -0.05) is 0 Å². The van der Waals surface area contributed by atoms with Gasteiger partial charge in [0, 0.05) is 6.07 Å². The second-order valence-electron chi connectivity index (χ2n) is 1.45. The summed E-state index contributed by atoms with van der Waals surface area (Å²) in [5.74, 6) is 0.210. The zero-order chi connectivity index (χ0) is 7.40. The molecule has 0 aliphatic rings. The van der Waals surface area contributed by atoms with Crippen LogP contribution >= 0.6 is 0 Å². The number of nitrogens with zero attached hydrogens (tertiary/aromatic N) is 1. The van der Waals surface area contributed by atoms with Crippen LogP contribution in [0.1, 0.15) is 0 Å². The second kappa shape index (κ2) is 3.21. The van der Waals surface area contributed by atoms with Gasteiger partial charge in [-0.3, -0.25) is 5.26 Å². The van der Waals surface area contributed by atoms with E-state index in [-0.39, 0.29) is 5.88 Å². The lowest BCUT2D eigenvalue weighted by atomic mass is 10.3. The maximum Gasteiger partial charge on any atom is 0.739 e. The lowest BCUT2D eigenvalue weighted by Crippen LogP contribution is -2.24. The molecule has 7 heteroatoms. The third-order valence-electron chi connectivity index (χ3n) is 0.793. The van der Waals surface area contributed by atoms with Gasteiger partial charge in [0.1, 0.15) is 0 Å². The predicted octanol–water partition coefficient (Wildman–Crippen LogP) is -0.745. The van der Waals surface area contributed by atoms with Gasteiger partial charge in [-0.15, -0.1) is 0 Å². The van der Waals surface area contributed by atoms with Crippen molar-refractivity contribution in [1.29, 1.82) is 0 Å². The zero-order valence-corrected chi connectivity index (χ0v) is 4.89. The summed E-state index contributed by atoms with van der Waals surface area (Å²) in [5.41, 5.74) is 0. The topological polar surface area (TPSA) is 87.6 Å². The molecule has 1 aromatic rings. The standard InChI is InChI=1S/C3H5BN2O4/c7-4(10-8)9-3-1-2-5-6-3/h1-2,7-8H,(H,5,6). The molecule has 0 spiro atoms. The normalized spacial score (nSPS) is 9.40. The molecular formula is C3H5BN2O4. The summed E-state index contributed by atoms with van der Waals surface area (Å²) < 4.78 is 4.47. The highest BCUT2D eigenvalue weighted by Crippen LogP contribution is 2.02. The summed E-state index contributed by atoms with van der Waals surface area (Å²) in [7, 11) is -1.68. The summed E-state index contributed by atoms with van der Waals surface area (Å²) in [5, 5.41) is 22.2. The highest BCUT2D eigenvalue weighted by molar-refractivity contribution is 6.35. The van der Waals surface area contributed by atoms with E-state index in [9.17, 15) is 0 Å². The van der Waals surface area contributed by atoms with Crippen molar-refractivity contribution in [3.8, 4) is 5.88 Å². The SMILES string of the molecule is OOB(O)Oc1ccn[nH]1. The first-order valence-corrected chi connectivity index (χ1v) is 2.47. The van der Waals surface area contributed by atoms with Crippen molar-refractivity contribution >= 4 is 7.32 Å². The van der Waals surface area contributed by atoms with E-state index in [1.54, 1.807) is 0 Å². The smallest absolute Gasteiger partial charge is 0.496 e. The second-order valence-corrected chi connectivity index (χ2v) is 1.45. The fraction of sp³-hybridized carbons (Fsp3) is 0. The molecule has 1 heterocycles. The van der Waals surface area contributed by atoms with Crippen LogP contribution in [0.15, 0.2) is 12.3 Å². The fourth-order valence-electron chi connectivity index (χ4n) is 0.439. The van der Waals surface area contributed by atoms with Crippen molar-refractivity contribution in [2.75, 3.05) is 0 Å². The molecular weight excluding hydrogens is 139 g/mol. The van der Waals surface area contributed by atoms with E-state index in [0.29, 0.717) is 0 Å². The average Bonchev–Trinajstić information content (AvgIpc) is 2.40. The molecule has 1 aromatic heterocycles. The zero-order valence-electron chi connectivity index (χ0n) is 4.89. The maximum absolute atomic E-state index is 8.49. The van der Waals surface area contributed by atoms with E-state index in [4.69, 9.17) is 10.3 Å². The molecule has 0 fully saturated rings. The van der Waals surface area contributed by atoms with Gasteiger partial charge < -0.3 is 9.68 Å². The minimum Gasteiger partial charge on any atom is -0.496 e. The van der Waals surface area contributed by atoms with E-state index in [2.05, 4.69) is 19.7 Å². The Balaban J connectivity index is 2.40. The van der Waals surface area contributed by atoms with Crippen molar-refractivity contribution in [3.05, 3.63) is 12.3 Å². The van der Waals surface area contributed by atoms with Gasteiger partial charge in [-0.2, -0.15) is 5.10 Å². The average molecular weight is 144 g/mol. The van der Waals surface area contributed by atoms with Crippen molar-refractivity contribution in [3.63, 3.8) is 0 Å². The Morgan fingerprint density at radius 2 is 2.50 bits per heavy atom. The molecule has 0 atom stereocenters. The monoisotopic (exact) mass is 144 g/mol. The minimum atomic E-state index is -1.68. The molecule has 0 saturated carbocycles. The van der Waals surface area contributed by atoms with Crippen molar-refractivity contribution < 1.29 is 19.7 Å².